The zero-order valence-electron chi connectivity index (χ0n) is 9.66. The third-order valence-corrected chi connectivity index (χ3v) is 6.45. The summed E-state index contributed by atoms with van der Waals surface area (Å²) in [6.45, 7) is 5.51. The quantitative estimate of drug-likeness (QED) is 0.399. The Morgan fingerprint density at radius 1 is 1.40 bits per heavy atom. The van der Waals surface area contributed by atoms with Gasteiger partial charge < -0.3 is 9.30 Å². The molecule has 0 rings (SSSR count). The number of hydrogen-bond donors (Lipinski definition) is 0. The summed E-state index contributed by atoms with van der Waals surface area (Å²) in [5.74, 6) is 1.82. The van der Waals surface area contributed by atoms with Crippen molar-refractivity contribution in [3.05, 3.63) is 0 Å². The molecule has 0 saturated carbocycles. The Labute approximate surface area is 92.0 Å². The molecule has 4 heteroatoms. The number of ether oxygens (including phenoxy) is 1. The highest BCUT2D eigenvalue weighted by Crippen LogP contribution is 2.51. The van der Waals surface area contributed by atoms with E-state index < -0.39 is 18.8 Å². The summed E-state index contributed by atoms with van der Waals surface area (Å²) in [7, 11) is -2.43. The van der Waals surface area contributed by atoms with E-state index in [1.807, 2.05) is 20.8 Å². The predicted octanol–water partition coefficient (Wildman–Crippen LogP) is 2.34. The third kappa shape index (κ3) is 3.72. The van der Waals surface area contributed by atoms with E-state index in [9.17, 15) is 9.36 Å². The van der Waals surface area contributed by atoms with Crippen LogP contribution in [0.4, 0.5) is 0 Å². The van der Waals surface area contributed by atoms with Crippen molar-refractivity contribution < 1.29 is 14.1 Å². The zero-order valence-corrected chi connectivity index (χ0v) is 10.5. The van der Waals surface area contributed by atoms with Crippen LogP contribution in [0, 0.1) is 12.3 Å². The van der Waals surface area contributed by atoms with E-state index in [1.165, 1.54) is 0 Å². The van der Waals surface area contributed by atoms with Gasteiger partial charge in [0.05, 0.1) is 0 Å². The first kappa shape index (κ1) is 14.3. The van der Waals surface area contributed by atoms with Crippen LogP contribution in [-0.2, 0) is 14.1 Å². The summed E-state index contributed by atoms with van der Waals surface area (Å²) in [5.41, 5.74) is -0.485. The van der Waals surface area contributed by atoms with E-state index in [0.717, 1.165) is 0 Å². The smallest absolute Gasteiger partial charge is 0.317 e. The van der Waals surface area contributed by atoms with Crippen LogP contribution < -0.4 is 0 Å². The molecule has 0 aliphatic heterocycles. The molecule has 86 valence electrons. The van der Waals surface area contributed by atoms with Crippen LogP contribution in [0.2, 0.25) is 0 Å². The van der Waals surface area contributed by atoms with Gasteiger partial charge in [-0.3, -0.25) is 4.79 Å². The van der Waals surface area contributed by atoms with Gasteiger partial charge in [0.25, 0.3) is 0 Å². The molecule has 0 bridgehead atoms. The minimum Gasteiger partial charge on any atom is -0.452 e. The van der Waals surface area contributed by atoms with Gasteiger partial charge in [-0.1, -0.05) is 26.7 Å². The second kappa shape index (κ2) is 6.69. The van der Waals surface area contributed by atoms with E-state index in [1.54, 1.807) is 0 Å². The summed E-state index contributed by atoms with van der Waals surface area (Å²) in [6.07, 6.45) is 6.61. The van der Waals surface area contributed by atoms with Crippen molar-refractivity contribution in [3.63, 3.8) is 0 Å². The van der Waals surface area contributed by atoms with Crippen molar-refractivity contribution >= 4 is 13.1 Å². The first-order valence-corrected chi connectivity index (χ1v) is 7.38. The average Bonchev–Trinajstić information content (AvgIpc) is 2.26. The van der Waals surface area contributed by atoms with Crippen molar-refractivity contribution in [1.29, 1.82) is 0 Å². The maximum absolute atomic E-state index is 12.3. The molecule has 0 aromatic carbocycles. The monoisotopic (exact) mass is 230 g/mol. The largest absolute Gasteiger partial charge is 0.452 e. The van der Waals surface area contributed by atoms with E-state index >= 15 is 0 Å². The molecule has 1 unspecified atom stereocenters. The molecular formula is C11H19O3P. The van der Waals surface area contributed by atoms with Crippen molar-refractivity contribution in [3.8, 4) is 12.3 Å². The van der Waals surface area contributed by atoms with Crippen LogP contribution in [0.5, 0.6) is 0 Å². The average molecular weight is 230 g/mol. The van der Waals surface area contributed by atoms with E-state index in [0.29, 0.717) is 18.7 Å². The maximum Gasteiger partial charge on any atom is 0.317 e. The van der Waals surface area contributed by atoms with Gasteiger partial charge in [0, 0.05) is 0 Å². The van der Waals surface area contributed by atoms with E-state index in [-0.39, 0.29) is 6.61 Å². The fraction of sp³-hybridized carbons (Fsp3) is 0.727. The minimum absolute atomic E-state index is 0.0389. The first-order chi connectivity index (χ1) is 7.05. The molecular weight excluding hydrogens is 211 g/mol. The number of esters is 1. The standard InChI is InChI=1S/C11H19O3P/c1-5-9-14-11(12)10(6-2)15(13,7-3)8-4/h1,10H,6-9H2,2-4H3. The Hall–Kier alpha value is -0.740. The highest BCUT2D eigenvalue weighted by Gasteiger charge is 2.34. The molecule has 0 aliphatic rings. The molecule has 15 heavy (non-hydrogen) atoms. The predicted molar refractivity (Wildman–Crippen MR) is 62.6 cm³/mol. The molecule has 0 aliphatic carbocycles. The van der Waals surface area contributed by atoms with Gasteiger partial charge in [-0.25, -0.2) is 0 Å². The van der Waals surface area contributed by atoms with Gasteiger partial charge in [-0.05, 0) is 18.7 Å². The summed E-state index contributed by atoms with van der Waals surface area (Å²) in [6, 6.07) is 0. The Morgan fingerprint density at radius 2 is 1.93 bits per heavy atom. The van der Waals surface area contributed by atoms with Gasteiger partial charge in [-0.15, -0.1) is 6.42 Å². The molecule has 0 aromatic rings. The van der Waals surface area contributed by atoms with Gasteiger partial charge in [0.1, 0.15) is 12.8 Å². The fourth-order valence-electron chi connectivity index (χ4n) is 1.56. The van der Waals surface area contributed by atoms with Gasteiger partial charge >= 0.3 is 5.97 Å². The summed E-state index contributed by atoms with van der Waals surface area (Å²) < 4.78 is 17.2. The third-order valence-electron chi connectivity index (χ3n) is 2.60. The van der Waals surface area contributed by atoms with Crippen molar-refractivity contribution in [2.75, 3.05) is 18.9 Å². The lowest BCUT2D eigenvalue weighted by Gasteiger charge is -2.22. The Morgan fingerprint density at radius 3 is 2.27 bits per heavy atom. The molecule has 0 aromatic heterocycles. The topological polar surface area (TPSA) is 43.4 Å². The highest BCUT2D eigenvalue weighted by molar-refractivity contribution is 7.65. The molecule has 0 fully saturated rings. The van der Waals surface area contributed by atoms with Gasteiger partial charge in [-0.2, -0.15) is 0 Å². The van der Waals surface area contributed by atoms with Gasteiger partial charge in [0.15, 0.2) is 6.61 Å². The SMILES string of the molecule is C#CCOC(=O)C(CC)P(=O)(CC)CC. The second-order valence-electron chi connectivity index (χ2n) is 3.32. The molecule has 0 heterocycles. The molecule has 1 atom stereocenters. The summed E-state index contributed by atoms with van der Waals surface area (Å²) in [5, 5.41) is 0. The normalized spacial score (nSPS) is 12.9. The lowest BCUT2D eigenvalue weighted by Crippen LogP contribution is -2.25. The minimum atomic E-state index is -2.43. The lowest BCUT2D eigenvalue weighted by molar-refractivity contribution is -0.141. The number of rotatable bonds is 6. The van der Waals surface area contributed by atoms with Crippen LogP contribution in [0.15, 0.2) is 0 Å². The molecule has 0 amide bonds. The van der Waals surface area contributed by atoms with E-state index in [4.69, 9.17) is 11.2 Å². The molecule has 0 N–H and O–H groups in total. The van der Waals surface area contributed by atoms with Crippen molar-refractivity contribution in [2.45, 2.75) is 32.9 Å². The van der Waals surface area contributed by atoms with Gasteiger partial charge in [0.2, 0.25) is 0 Å². The second-order valence-corrected chi connectivity index (χ2v) is 7.11. The van der Waals surface area contributed by atoms with Crippen LogP contribution in [0.1, 0.15) is 27.2 Å². The first-order valence-electron chi connectivity index (χ1n) is 5.23. The number of terminal acetylenes is 1. The zero-order chi connectivity index (χ0) is 11.9. The lowest BCUT2D eigenvalue weighted by atomic mass is 10.3. The summed E-state index contributed by atoms with van der Waals surface area (Å²) in [4.78, 5) is 11.6. The molecule has 3 nitrogen and oxygen atoms in total. The number of carbonyl (C=O) groups is 1. The van der Waals surface area contributed by atoms with E-state index in [2.05, 4.69) is 5.92 Å². The van der Waals surface area contributed by atoms with Crippen LogP contribution in [-0.4, -0.2) is 30.6 Å². The maximum atomic E-state index is 12.3. The fourth-order valence-corrected chi connectivity index (χ4v) is 4.02. The Balaban J connectivity index is 4.68. The van der Waals surface area contributed by atoms with Crippen molar-refractivity contribution in [1.82, 2.24) is 0 Å². The van der Waals surface area contributed by atoms with Crippen LogP contribution in [0.3, 0.4) is 0 Å². The molecule has 0 spiro atoms. The van der Waals surface area contributed by atoms with Crippen molar-refractivity contribution in [2.24, 2.45) is 0 Å². The molecule has 0 radical (unpaired) electrons. The van der Waals surface area contributed by atoms with Crippen LogP contribution in [0.25, 0.3) is 0 Å². The summed E-state index contributed by atoms with van der Waals surface area (Å²) >= 11 is 0. The Bertz CT molecular complexity index is 283. The number of hydrogen-bond acceptors (Lipinski definition) is 3. The Kier molecular flexibility index (Phi) is 6.36. The molecule has 0 saturated heterocycles. The number of carbonyl (C=O) groups excluding carboxylic acids is 1. The highest BCUT2D eigenvalue weighted by atomic mass is 31.2. The van der Waals surface area contributed by atoms with Crippen LogP contribution >= 0.6 is 7.14 Å².